The number of likely N-dealkylation sites (tertiary alicyclic amines) is 1. The van der Waals surface area contributed by atoms with Gasteiger partial charge in [0.2, 0.25) is 17.6 Å². The molecule has 3 unspecified atom stereocenters. The Bertz CT molecular complexity index is 1410. The van der Waals surface area contributed by atoms with Crippen molar-refractivity contribution in [2.75, 3.05) is 6.54 Å². The Morgan fingerprint density at radius 2 is 1.52 bits per heavy atom. The smallest absolute Gasteiger partial charge is 0.408 e. The van der Waals surface area contributed by atoms with Crippen molar-refractivity contribution < 1.29 is 28.4 Å². The average Bonchev–Trinajstić information content (AvgIpc) is 3.71. The third kappa shape index (κ3) is 8.52. The number of benzene rings is 2. The van der Waals surface area contributed by atoms with Crippen molar-refractivity contribution in [2.45, 2.75) is 78.1 Å². The van der Waals surface area contributed by atoms with Gasteiger partial charge < -0.3 is 24.8 Å². The van der Waals surface area contributed by atoms with Gasteiger partial charge in [-0.2, -0.15) is 4.98 Å². The summed E-state index contributed by atoms with van der Waals surface area (Å²) in [6.07, 6.45) is 1.53. The molecule has 1 aliphatic rings. The fourth-order valence-electron chi connectivity index (χ4n) is 5.16. The molecule has 0 aliphatic carbocycles. The third-order valence-corrected chi connectivity index (χ3v) is 7.66. The molecule has 0 saturated carbocycles. The fourth-order valence-corrected chi connectivity index (χ4v) is 5.16. The van der Waals surface area contributed by atoms with Crippen molar-refractivity contribution in [3.63, 3.8) is 0 Å². The van der Waals surface area contributed by atoms with Crippen LogP contribution in [0.2, 0.25) is 0 Å². The van der Waals surface area contributed by atoms with Crippen LogP contribution in [-0.4, -0.2) is 63.4 Å². The lowest BCUT2D eigenvalue weighted by molar-refractivity contribution is -0.141. The molecular weight excluding hydrogens is 562 g/mol. The lowest BCUT2D eigenvalue weighted by Gasteiger charge is -2.31. The Morgan fingerprint density at radius 3 is 2.16 bits per heavy atom. The van der Waals surface area contributed by atoms with Crippen molar-refractivity contribution in [1.29, 1.82) is 0 Å². The molecule has 1 saturated heterocycles. The van der Waals surface area contributed by atoms with Crippen LogP contribution in [0.4, 0.5) is 4.79 Å². The number of aromatic nitrogens is 2. The molecular formula is C33H41N5O6. The highest BCUT2D eigenvalue weighted by Crippen LogP contribution is 2.22. The van der Waals surface area contributed by atoms with Crippen LogP contribution in [0.15, 0.2) is 65.2 Å². The summed E-state index contributed by atoms with van der Waals surface area (Å²) in [7, 11) is 0. The first-order valence-corrected chi connectivity index (χ1v) is 15.1. The van der Waals surface area contributed by atoms with Crippen molar-refractivity contribution in [3.8, 4) is 0 Å². The molecule has 0 radical (unpaired) electrons. The lowest BCUT2D eigenvalue weighted by atomic mass is 9.98. The number of rotatable bonds is 13. The van der Waals surface area contributed by atoms with E-state index in [1.54, 1.807) is 0 Å². The summed E-state index contributed by atoms with van der Waals surface area (Å²) in [5.41, 5.74) is 1.94. The maximum absolute atomic E-state index is 13.6. The fraction of sp³-hybridized carbons (Fsp3) is 0.455. The Balaban J connectivity index is 1.37. The number of carbonyl (C=O) groups is 4. The number of aryl methyl sites for hydroxylation is 2. The van der Waals surface area contributed by atoms with Crippen LogP contribution in [0.3, 0.4) is 0 Å². The van der Waals surface area contributed by atoms with Crippen LogP contribution in [0.25, 0.3) is 0 Å². The first-order valence-electron chi connectivity index (χ1n) is 15.1. The number of carbonyl (C=O) groups excluding carboxylic acids is 4. The molecule has 3 atom stereocenters. The maximum atomic E-state index is 13.6. The van der Waals surface area contributed by atoms with Crippen LogP contribution >= 0.6 is 0 Å². The minimum atomic E-state index is -0.922. The third-order valence-electron chi connectivity index (χ3n) is 7.66. The number of Topliss-reactive ketones (excluding diaryl/α,β-unsaturated/α-hetero) is 1. The van der Waals surface area contributed by atoms with E-state index in [0.717, 1.165) is 11.1 Å². The number of amides is 3. The molecule has 3 amide bonds. The second kappa shape index (κ2) is 15.3. The molecule has 2 heterocycles. The summed E-state index contributed by atoms with van der Waals surface area (Å²) >= 11 is 0. The predicted molar refractivity (Wildman–Crippen MR) is 162 cm³/mol. The zero-order valence-corrected chi connectivity index (χ0v) is 25.7. The molecule has 234 valence electrons. The largest absolute Gasteiger partial charge is 0.445 e. The van der Waals surface area contributed by atoms with Crippen molar-refractivity contribution in [3.05, 3.63) is 83.5 Å². The number of alkyl carbamates (subject to hydrolysis) is 1. The topological polar surface area (TPSA) is 144 Å². The average molecular weight is 604 g/mol. The van der Waals surface area contributed by atoms with Crippen molar-refractivity contribution in [1.82, 2.24) is 25.7 Å². The Kier molecular flexibility index (Phi) is 11.2. The van der Waals surface area contributed by atoms with E-state index < -0.39 is 35.9 Å². The zero-order chi connectivity index (χ0) is 31.6. The van der Waals surface area contributed by atoms with Gasteiger partial charge in [-0.3, -0.25) is 14.4 Å². The van der Waals surface area contributed by atoms with E-state index in [4.69, 9.17) is 9.26 Å². The molecule has 2 N–H and O–H groups in total. The monoisotopic (exact) mass is 603 g/mol. The molecule has 0 bridgehead atoms. The summed E-state index contributed by atoms with van der Waals surface area (Å²) in [5.74, 6) is -1.58. The lowest BCUT2D eigenvalue weighted by Crippen LogP contribution is -2.57. The van der Waals surface area contributed by atoms with Gasteiger partial charge in [-0.1, -0.05) is 93.5 Å². The highest BCUT2D eigenvalue weighted by Gasteiger charge is 2.40. The van der Waals surface area contributed by atoms with Crippen molar-refractivity contribution in [2.24, 2.45) is 11.8 Å². The van der Waals surface area contributed by atoms with Crippen molar-refractivity contribution >= 4 is 23.7 Å². The van der Waals surface area contributed by atoms with E-state index in [1.807, 2.05) is 88.4 Å². The van der Waals surface area contributed by atoms with Gasteiger partial charge in [0.05, 0.1) is 6.04 Å². The Hall–Kier alpha value is -4.54. The number of ketones is 1. The molecule has 0 spiro atoms. The molecule has 1 fully saturated rings. The zero-order valence-electron chi connectivity index (χ0n) is 25.7. The molecule has 3 aromatic rings. The van der Waals surface area contributed by atoms with Gasteiger partial charge in [0.25, 0.3) is 5.89 Å². The second-order valence-electron chi connectivity index (χ2n) is 11.7. The minimum Gasteiger partial charge on any atom is -0.445 e. The highest BCUT2D eigenvalue weighted by atomic mass is 16.5. The Labute approximate surface area is 257 Å². The summed E-state index contributed by atoms with van der Waals surface area (Å²) in [6, 6.07) is 16.5. The summed E-state index contributed by atoms with van der Waals surface area (Å²) in [5, 5.41) is 9.47. The van der Waals surface area contributed by atoms with Gasteiger partial charge in [-0.05, 0) is 42.2 Å². The van der Waals surface area contributed by atoms with Crippen LogP contribution < -0.4 is 10.6 Å². The number of hydrogen-bond donors (Lipinski definition) is 2. The standard InChI is InChI=1S/C33H41N5O6/c1-21(2)27(29(39)31-34-26(37-44-31)18-17-23-12-7-5-8-13-23)35-30(40)25-16-11-19-38(25)32(41)28(22(3)4)36-33(42)43-20-24-14-9-6-10-15-24/h5-10,12-15,21-22,25,27-28H,11,16-20H2,1-4H3,(H,35,40)(H,36,42). The number of nitrogens with one attached hydrogen (secondary N) is 2. The van der Waals surface area contributed by atoms with Crippen LogP contribution in [-0.2, 0) is 33.8 Å². The van der Waals surface area contributed by atoms with E-state index in [9.17, 15) is 19.2 Å². The van der Waals surface area contributed by atoms with Gasteiger partial charge >= 0.3 is 6.09 Å². The van der Waals surface area contributed by atoms with Crippen LogP contribution in [0, 0.1) is 11.8 Å². The first kappa shape index (κ1) is 32.4. The Morgan fingerprint density at radius 1 is 0.886 bits per heavy atom. The molecule has 2 aromatic carbocycles. The van der Waals surface area contributed by atoms with E-state index in [2.05, 4.69) is 20.8 Å². The highest BCUT2D eigenvalue weighted by molar-refractivity contribution is 6.00. The van der Waals surface area contributed by atoms with Gasteiger partial charge in [0.15, 0.2) is 5.82 Å². The van der Waals surface area contributed by atoms with E-state index in [1.165, 1.54) is 4.90 Å². The quantitative estimate of drug-likeness (QED) is 0.278. The summed E-state index contributed by atoms with van der Waals surface area (Å²) < 4.78 is 10.6. The molecule has 1 aromatic heterocycles. The first-order chi connectivity index (χ1) is 21.1. The van der Waals surface area contributed by atoms with Crippen LogP contribution in [0.5, 0.6) is 0 Å². The SMILES string of the molecule is CC(C)C(NC(=O)C1CCCN1C(=O)C(NC(=O)OCc1ccccc1)C(C)C)C(=O)c1nc(CCc2ccccc2)no1. The molecule has 4 rings (SSSR count). The van der Waals surface area contributed by atoms with Gasteiger partial charge in [0, 0.05) is 13.0 Å². The maximum Gasteiger partial charge on any atom is 0.408 e. The molecule has 44 heavy (non-hydrogen) atoms. The van der Waals surface area contributed by atoms with E-state index in [0.29, 0.717) is 38.1 Å². The summed E-state index contributed by atoms with van der Waals surface area (Å²) in [4.78, 5) is 58.8. The number of hydrogen-bond acceptors (Lipinski definition) is 8. The predicted octanol–water partition coefficient (Wildman–Crippen LogP) is 4.12. The molecule has 11 heteroatoms. The summed E-state index contributed by atoms with van der Waals surface area (Å²) in [6.45, 7) is 7.68. The second-order valence-corrected chi connectivity index (χ2v) is 11.7. The van der Waals surface area contributed by atoms with Gasteiger partial charge in [-0.25, -0.2) is 4.79 Å². The van der Waals surface area contributed by atoms with E-state index >= 15 is 0 Å². The van der Waals surface area contributed by atoms with Gasteiger partial charge in [-0.15, -0.1) is 0 Å². The van der Waals surface area contributed by atoms with Crippen LogP contribution in [0.1, 0.15) is 68.2 Å². The normalized spacial score (nSPS) is 16.0. The van der Waals surface area contributed by atoms with Gasteiger partial charge in [0.1, 0.15) is 18.7 Å². The number of ether oxygens (including phenoxy) is 1. The number of nitrogens with zero attached hydrogens (tertiary/aromatic N) is 3. The molecule has 1 aliphatic heterocycles. The minimum absolute atomic E-state index is 0.0691. The molecule has 11 nitrogen and oxygen atoms in total. The van der Waals surface area contributed by atoms with E-state index in [-0.39, 0.29) is 30.2 Å².